The van der Waals surface area contributed by atoms with Crippen LogP contribution in [0.25, 0.3) is 10.9 Å². The quantitative estimate of drug-likeness (QED) is 0.938. The van der Waals surface area contributed by atoms with Crippen LogP contribution in [0.1, 0.15) is 19.0 Å². The molecule has 1 N–H and O–H groups in total. The Morgan fingerprint density at radius 3 is 2.81 bits per heavy atom. The van der Waals surface area contributed by atoms with E-state index in [-0.39, 0.29) is 5.82 Å². The molecule has 0 saturated carbocycles. The van der Waals surface area contributed by atoms with E-state index in [1.54, 1.807) is 6.07 Å². The van der Waals surface area contributed by atoms with Crippen molar-refractivity contribution >= 4 is 16.6 Å². The van der Waals surface area contributed by atoms with Crippen molar-refractivity contribution < 1.29 is 13.9 Å². The summed E-state index contributed by atoms with van der Waals surface area (Å²) in [6.45, 7) is 5.83. The van der Waals surface area contributed by atoms with Gasteiger partial charge in [0, 0.05) is 29.7 Å². The fourth-order valence-corrected chi connectivity index (χ4v) is 2.60. The lowest BCUT2D eigenvalue weighted by molar-refractivity contribution is -0.144. The summed E-state index contributed by atoms with van der Waals surface area (Å²) in [5.41, 5.74) is 2.58. The smallest absolute Gasteiger partial charge is 0.167 e. The number of nitrogens with one attached hydrogen (secondary N) is 1. The SMILES string of the molecule is Cc1cc(NCCC2(C)OCCO2)c2cc(F)ccc2n1. The van der Waals surface area contributed by atoms with E-state index in [0.717, 1.165) is 28.7 Å². The van der Waals surface area contributed by atoms with Crippen molar-refractivity contribution in [3.05, 3.63) is 35.8 Å². The number of halogens is 1. The zero-order valence-electron chi connectivity index (χ0n) is 12.3. The van der Waals surface area contributed by atoms with Crippen molar-refractivity contribution in [2.24, 2.45) is 0 Å². The molecule has 0 aliphatic carbocycles. The molecule has 1 saturated heterocycles. The van der Waals surface area contributed by atoms with E-state index >= 15 is 0 Å². The van der Waals surface area contributed by atoms with Crippen LogP contribution in [-0.2, 0) is 9.47 Å². The molecule has 0 radical (unpaired) electrons. The molecular weight excluding hydrogens is 271 g/mol. The lowest BCUT2D eigenvalue weighted by Gasteiger charge is -2.22. The summed E-state index contributed by atoms with van der Waals surface area (Å²) >= 11 is 0. The van der Waals surface area contributed by atoms with E-state index in [1.807, 2.05) is 19.9 Å². The van der Waals surface area contributed by atoms with Gasteiger partial charge in [-0.1, -0.05) is 0 Å². The summed E-state index contributed by atoms with van der Waals surface area (Å²) in [6.07, 6.45) is 0.727. The van der Waals surface area contributed by atoms with Gasteiger partial charge in [0.1, 0.15) is 5.82 Å². The molecule has 3 rings (SSSR count). The van der Waals surface area contributed by atoms with Gasteiger partial charge in [-0.25, -0.2) is 4.39 Å². The molecule has 2 aromatic rings. The molecule has 1 fully saturated rings. The van der Waals surface area contributed by atoms with Gasteiger partial charge in [0.2, 0.25) is 0 Å². The molecule has 0 unspecified atom stereocenters. The maximum absolute atomic E-state index is 13.5. The monoisotopic (exact) mass is 290 g/mol. The molecule has 1 aliphatic rings. The Labute approximate surface area is 123 Å². The molecule has 21 heavy (non-hydrogen) atoms. The minimum absolute atomic E-state index is 0.259. The number of benzene rings is 1. The van der Waals surface area contributed by atoms with Crippen LogP contribution in [0, 0.1) is 12.7 Å². The molecular formula is C16H19FN2O2. The molecule has 0 atom stereocenters. The fraction of sp³-hybridized carbons (Fsp3) is 0.438. The summed E-state index contributed by atoms with van der Waals surface area (Å²) in [6, 6.07) is 6.57. The second kappa shape index (κ2) is 5.58. The van der Waals surface area contributed by atoms with E-state index in [9.17, 15) is 4.39 Å². The predicted molar refractivity (Wildman–Crippen MR) is 79.9 cm³/mol. The minimum atomic E-state index is -0.518. The molecule has 4 nitrogen and oxygen atoms in total. The van der Waals surface area contributed by atoms with Crippen LogP contribution in [0.2, 0.25) is 0 Å². The van der Waals surface area contributed by atoms with Crippen LogP contribution in [0.15, 0.2) is 24.3 Å². The van der Waals surface area contributed by atoms with Crippen LogP contribution < -0.4 is 5.32 Å². The fourth-order valence-electron chi connectivity index (χ4n) is 2.60. The molecule has 0 spiro atoms. The number of ether oxygens (including phenoxy) is 2. The Hall–Kier alpha value is -1.72. The standard InChI is InChI=1S/C16H19FN2O2/c1-11-9-15(13-10-12(17)3-4-14(13)19-11)18-6-5-16(2)20-7-8-21-16/h3-4,9-10H,5-8H2,1-2H3,(H,18,19). The number of hydrogen-bond donors (Lipinski definition) is 1. The lowest BCUT2D eigenvalue weighted by atomic mass is 10.1. The zero-order valence-corrected chi connectivity index (χ0v) is 12.3. The van der Waals surface area contributed by atoms with Crippen LogP contribution in [0.3, 0.4) is 0 Å². The molecule has 5 heteroatoms. The topological polar surface area (TPSA) is 43.4 Å². The molecule has 1 aromatic heterocycles. The molecule has 0 bridgehead atoms. The van der Waals surface area contributed by atoms with Crippen molar-refractivity contribution in [1.82, 2.24) is 4.98 Å². The highest BCUT2D eigenvalue weighted by atomic mass is 19.1. The van der Waals surface area contributed by atoms with E-state index in [1.165, 1.54) is 12.1 Å². The summed E-state index contributed by atoms with van der Waals surface area (Å²) in [7, 11) is 0. The average molecular weight is 290 g/mol. The Balaban J connectivity index is 1.78. The van der Waals surface area contributed by atoms with Gasteiger partial charge in [-0.2, -0.15) is 0 Å². The lowest BCUT2D eigenvalue weighted by Crippen LogP contribution is -2.28. The van der Waals surface area contributed by atoms with Crippen LogP contribution in [-0.4, -0.2) is 30.5 Å². The van der Waals surface area contributed by atoms with Crippen molar-refractivity contribution in [2.75, 3.05) is 25.1 Å². The number of hydrogen-bond acceptors (Lipinski definition) is 4. The van der Waals surface area contributed by atoms with Crippen LogP contribution in [0.5, 0.6) is 0 Å². The summed E-state index contributed by atoms with van der Waals surface area (Å²) in [4.78, 5) is 4.42. The number of fused-ring (bicyclic) bond motifs is 1. The molecule has 2 heterocycles. The molecule has 112 valence electrons. The first-order chi connectivity index (χ1) is 10.1. The van der Waals surface area contributed by atoms with Gasteiger partial charge in [0.25, 0.3) is 0 Å². The molecule has 0 amide bonds. The van der Waals surface area contributed by atoms with Gasteiger partial charge < -0.3 is 14.8 Å². The predicted octanol–water partition coefficient (Wildman–Crippen LogP) is 3.25. The summed E-state index contributed by atoms with van der Waals surface area (Å²) in [5.74, 6) is -0.776. The van der Waals surface area contributed by atoms with Crippen molar-refractivity contribution in [3.63, 3.8) is 0 Å². The molecule has 1 aliphatic heterocycles. The summed E-state index contributed by atoms with van der Waals surface area (Å²) < 4.78 is 24.6. The number of rotatable bonds is 4. The van der Waals surface area contributed by atoms with Crippen molar-refractivity contribution in [3.8, 4) is 0 Å². The second-order valence-electron chi connectivity index (χ2n) is 5.48. The van der Waals surface area contributed by atoms with Crippen molar-refractivity contribution in [1.29, 1.82) is 0 Å². The number of aryl methyl sites for hydroxylation is 1. The maximum Gasteiger partial charge on any atom is 0.167 e. The third-order valence-electron chi connectivity index (χ3n) is 3.69. The number of nitrogens with zero attached hydrogens (tertiary/aromatic N) is 1. The zero-order chi connectivity index (χ0) is 14.9. The maximum atomic E-state index is 13.5. The van der Waals surface area contributed by atoms with E-state index in [2.05, 4.69) is 10.3 Å². The van der Waals surface area contributed by atoms with E-state index in [4.69, 9.17) is 9.47 Å². The Morgan fingerprint density at radius 2 is 2.05 bits per heavy atom. The molecule has 1 aromatic carbocycles. The first-order valence-electron chi connectivity index (χ1n) is 7.14. The Morgan fingerprint density at radius 1 is 1.29 bits per heavy atom. The summed E-state index contributed by atoms with van der Waals surface area (Å²) in [5, 5.41) is 4.13. The van der Waals surface area contributed by atoms with E-state index < -0.39 is 5.79 Å². The van der Waals surface area contributed by atoms with E-state index in [0.29, 0.717) is 19.8 Å². The minimum Gasteiger partial charge on any atom is -0.384 e. The largest absolute Gasteiger partial charge is 0.384 e. The first-order valence-corrected chi connectivity index (χ1v) is 7.14. The van der Waals surface area contributed by atoms with Gasteiger partial charge in [0.15, 0.2) is 5.79 Å². The van der Waals surface area contributed by atoms with Gasteiger partial charge in [-0.05, 0) is 38.1 Å². The van der Waals surface area contributed by atoms with Gasteiger partial charge in [0.05, 0.1) is 18.7 Å². The first kappa shape index (κ1) is 14.2. The highest BCUT2D eigenvalue weighted by Crippen LogP contribution is 2.26. The van der Waals surface area contributed by atoms with Crippen molar-refractivity contribution in [2.45, 2.75) is 26.1 Å². The third kappa shape index (κ3) is 3.14. The normalized spacial score (nSPS) is 17.3. The highest BCUT2D eigenvalue weighted by molar-refractivity contribution is 5.91. The number of aromatic nitrogens is 1. The highest BCUT2D eigenvalue weighted by Gasteiger charge is 2.30. The second-order valence-corrected chi connectivity index (χ2v) is 5.48. The van der Waals surface area contributed by atoms with Gasteiger partial charge >= 0.3 is 0 Å². The average Bonchev–Trinajstić information content (AvgIpc) is 2.86. The van der Waals surface area contributed by atoms with Crippen LogP contribution in [0.4, 0.5) is 10.1 Å². The number of anilines is 1. The Kier molecular flexibility index (Phi) is 3.78. The van der Waals surface area contributed by atoms with Crippen LogP contribution >= 0.6 is 0 Å². The van der Waals surface area contributed by atoms with Gasteiger partial charge in [-0.15, -0.1) is 0 Å². The third-order valence-corrected chi connectivity index (χ3v) is 3.69. The Bertz CT molecular complexity index is 654. The van der Waals surface area contributed by atoms with Gasteiger partial charge in [-0.3, -0.25) is 4.98 Å². The number of pyridine rings is 1.